The number of rotatable bonds is 3. The first-order chi connectivity index (χ1) is 9.39. The van der Waals surface area contributed by atoms with Crippen molar-refractivity contribution in [3.05, 3.63) is 53.8 Å². The third-order valence-corrected chi connectivity index (χ3v) is 2.64. The largest absolute Gasteiger partial charge is 0.573 e. The van der Waals surface area contributed by atoms with Gasteiger partial charge in [-0.1, -0.05) is 24.3 Å². The second-order valence-electron chi connectivity index (χ2n) is 4.04. The van der Waals surface area contributed by atoms with Crippen molar-refractivity contribution in [2.75, 3.05) is 0 Å². The second-order valence-corrected chi connectivity index (χ2v) is 4.04. The maximum absolute atomic E-state index is 13.5. The quantitative estimate of drug-likeness (QED) is 0.868. The van der Waals surface area contributed by atoms with E-state index >= 15 is 0 Å². The van der Waals surface area contributed by atoms with Crippen LogP contribution in [0.2, 0.25) is 0 Å². The lowest BCUT2D eigenvalue weighted by atomic mass is 10.0. The van der Waals surface area contributed by atoms with Gasteiger partial charge in [0.25, 0.3) is 0 Å². The van der Waals surface area contributed by atoms with Crippen molar-refractivity contribution in [3.63, 3.8) is 0 Å². The summed E-state index contributed by atoms with van der Waals surface area (Å²) >= 11 is 0. The molecule has 0 saturated carbocycles. The van der Waals surface area contributed by atoms with Crippen LogP contribution in [0.25, 0.3) is 11.1 Å². The fourth-order valence-corrected chi connectivity index (χ4v) is 1.70. The third kappa shape index (κ3) is 3.48. The molecule has 0 bridgehead atoms. The van der Waals surface area contributed by atoms with E-state index in [0.29, 0.717) is 11.1 Å². The third-order valence-electron chi connectivity index (χ3n) is 2.64. The molecule has 0 radical (unpaired) electrons. The van der Waals surface area contributed by atoms with E-state index in [9.17, 15) is 17.6 Å². The smallest absolute Gasteiger partial charge is 0.406 e. The Kier molecular flexibility index (Phi) is 3.94. The van der Waals surface area contributed by atoms with Crippen molar-refractivity contribution in [2.45, 2.75) is 13.0 Å². The van der Waals surface area contributed by atoms with Gasteiger partial charge in [0.05, 0.1) is 6.61 Å². The average Bonchev–Trinajstić information content (AvgIpc) is 2.37. The molecule has 6 heteroatoms. The molecule has 106 valence electrons. The topological polar surface area (TPSA) is 29.5 Å². The second kappa shape index (κ2) is 5.50. The predicted octanol–water partition coefficient (Wildman–Crippen LogP) is 3.88. The summed E-state index contributed by atoms with van der Waals surface area (Å²) in [5.41, 5.74) is 1.20. The minimum atomic E-state index is -4.74. The molecule has 2 aromatic carbocycles. The number of aliphatic hydroxyl groups is 1. The Balaban J connectivity index is 2.24. The van der Waals surface area contributed by atoms with E-state index in [1.165, 1.54) is 24.3 Å². The van der Waals surface area contributed by atoms with E-state index in [0.717, 1.165) is 12.1 Å². The molecule has 0 amide bonds. The zero-order valence-electron chi connectivity index (χ0n) is 10.1. The number of hydrogen-bond donors (Lipinski definition) is 1. The van der Waals surface area contributed by atoms with Crippen LogP contribution >= 0.6 is 0 Å². The number of aliphatic hydroxyl groups excluding tert-OH is 1. The van der Waals surface area contributed by atoms with Crippen LogP contribution in [0.4, 0.5) is 17.6 Å². The summed E-state index contributed by atoms with van der Waals surface area (Å²) in [5, 5.41) is 8.86. The SMILES string of the molecule is OCc1ccc(-c2ccc(OC(F)(F)F)cc2)cc1F. The first-order valence-electron chi connectivity index (χ1n) is 5.64. The van der Waals surface area contributed by atoms with Crippen LogP contribution in [0.5, 0.6) is 5.75 Å². The highest BCUT2D eigenvalue weighted by molar-refractivity contribution is 5.64. The molecule has 0 heterocycles. The Labute approximate surface area is 112 Å². The summed E-state index contributed by atoms with van der Waals surface area (Å²) in [4.78, 5) is 0. The van der Waals surface area contributed by atoms with Crippen LogP contribution in [0.1, 0.15) is 5.56 Å². The average molecular weight is 286 g/mol. The zero-order valence-corrected chi connectivity index (χ0v) is 10.1. The molecule has 0 aromatic heterocycles. The predicted molar refractivity (Wildman–Crippen MR) is 64.4 cm³/mol. The first kappa shape index (κ1) is 14.3. The lowest BCUT2D eigenvalue weighted by molar-refractivity contribution is -0.274. The van der Waals surface area contributed by atoms with Crippen molar-refractivity contribution in [3.8, 4) is 16.9 Å². The summed E-state index contributed by atoms with van der Waals surface area (Å²) < 4.78 is 53.3. The van der Waals surface area contributed by atoms with Gasteiger partial charge in [-0.2, -0.15) is 0 Å². The van der Waals surface area contributed by atoms with Crippen LogP contribution in [-0.2, 0) is 6.61 Å². The van der Waals surface area contributed by atoms with Crippen LogP contribution < -0.4 is 4.74 Å². The number of benzene rings is 2. The molecule has 2 rings (SSSR count). The van der Waals surface area contributed by atoms with Crippen LogP contribution in [-0.4, -0.2) is 11.5 Å². The number of alkyl halides is 3. The molecule has 0 aliphatic heterocycles. The summed E-state index contributed by atoms with van der Waals surface area (Å²) in [5.74, 6) is -0.908. The van der Waals surface area contributed by atoms with Gasteiger partial charge in [-0.25, -0.2) is 4.39 Å². The molecular weight excluding hydrogens is 276 g/mol. The molecule has 0 aliphatic rings. The lowest BCUT2D eigenvalue weighted by Crippen LogP contribution is -2.16. The van der Waals surface area contributed by atoms with Crippen molar-refractivity contribution in [1.82, 2.24) is 0 Å². The Morgan fingerprint density at radius 1 is 0.950 bits per heavy atom. The lowest BCUT2D eigenvalue weighted by Gasteiger charge is -2.09. The van der Waals surface area contributed by atoms with Gasteiger partial charge in [0.2, 0.25) is 0 Å². The maximum Gasteiger partial charge on any atom is 0.573 e. The van der Waals surface area contributed by atoms with Gasteiger partial charge in [-0.05, 0) is 29.3 Å². The zero-order chi connectivity index (χ0) is 14.8. The molecule has 20 heavy (non-hydrogen) atoms. The number of halogens is 4. The monoisotopic (exact) mass is 286 g/mol. The molecule has 0 aliphatic carbocycles. The fourth-order valence-electron chi connectivity index (χ4n) is 1.70. The van der Waals surface area contributed by atoms with Crippen molar-refractivity contribution < 1.29 is 27.4 Å². The fraction of sp³-hybridized carbons (Fsp3) is 0.143. The standard InChI is InChI=1S/C14H10F4O2/c15-13-7-10(1-2-11(13)8-19)9-3-5-12(6-4-9)20-14(16,17)18/h1-7,19H,8H2. The summed E-state index contributed by atoms with van der Waals surface area (Å²) in [6.07, 6.45) is -4.74. The van der Waals surface area contributed by atoms with Gasteiger partial charge in [0.15, 0.2) is 0 Å². The molecular formula is C14H10F4O2. The van der Waals surface area contributed by atoms with Gasteiger partial charge >= 0.3 is 6.36 Å². The Morgan fingerprint density at radius 3 is 2.05 bits per heavy atom. The highest BCUT2D eigenvalue weighted by Gasteiger charge is 2.30. The van der Waals surface area contributed by atoms with Crippen LogP contribution in [0.3, 0.4) is 0 Å². The number of hydrogen-bond acceptors (Lipinski definition) is 2. The molecule has 2 aromatic rings. The van der Waals surface area contributed by atoms with Gasteiger partial charge in [-0.15, -0.1) is 13.2 Å². The van der Waals surface area contributed by atoms with Crippen LogP contribution in [0.15, 0.2) is 42.5 Å². The van der Waals surface area contributed by atoms with Crippen molar-refractivity contribution in [2.24, 2.45) is 0 Å². The Morgan fingerprint density at radius 2 is 1.55 bits per heavy atom. The number of ether oxygens (including phenoxy) is 1. The minimum Gasteiger partial charge on any atom is -0.406 e. The van der Waals surface area contributed by atoms with Gasteiger partial charge in [0.1, 0.15) is 11.6 Å². The van der Waals surface area contributed by atoms with Gasteiger partial charge in [0, 0.05) is 5.56 Å². The van der Waals surface area contributed by atoms with Gasteiger partial charge < -0.3 is 9.84 Å². The van der Waals surface area contributed by atoms with E-state index in [4.69, 9.17) is 5.11 Å². The minimum absolute atomic E-state index is 0.158. The molecule has 0 unspecified atom stereocenters. The molecule has 0 saturated heterocycles. The van der Waals surface area contributed by atoms with Crippen LogP contribution in [0, 0.1) is 5.82 Å². The summed E-state index contributed by atoms with van der Waals surface area (Å²) in [6.45, 7) is -0.412. The highest BCUT2D eigenvalue weighted by atomic mass is 19.4. The first-order valence-corrected chi connectivity index (χ1v) is 5.64. The molecule has 2 nitrogen and oxygen atoms in total. The van der Waals surface area contributed by atoms with Crippen molar-refractivity contribution >= 4 is 0 Å². The maximum atomic E-state index is 13.5. The normalized spacial score (nSPS) is 11.4. The summed E-state index contributed by atoms with van der Waals surface area (Å²) in [6, 6.07) is 9.31. The summed E-state index contributed by atoms with van der Waals surface area (Å²) in [7, 11) is 0. The van der Waals surface area contributed by atoms with E-state index in [1.807, 2.05) is 0 Å². The van der Waals surface area contributed by atoms with E-state index < -0.39 is 18.8 Å². The van der Waals surface area contributed by atoms with Crippen molar-refractivity contribution in [1.29, 1.82) is 0 Å². The molecule has 0 spiro atoms. The Bertz CT molecular complexity index is 591. The van der Waals surface area contributed by atoms with E-state index in [2.05, 4.69) is 4.74 Å². The Hall–Kier alpha value is -2.08. The van der Waals surface area contributed by atoms with E-state index in [-0.39, 0.29) is 11.3 Å². The highest BCUT2D eigenvalue weighted by Crippen LogP contribution is 2.27. The molecule has 0 fully saturated rings. The van der Waals surface area contributed by atoms with Gasteiger partial charge in [-0.3, -0.25) is 0 Å². The molecule has 0 atom stereocenters. The van der Waals surface area contributed by atoms with E-state index in [1.54, 1.807) is 6.07 Å². The molecule has 1 N–H and O–H groups in total.